The van der Waals surface area contributed by atoms with Gasteiger partial charge in [0.1, 0.15) is 5.75 Å². The Morgan fingerprint density at radius 3 is 2.46 bits per heavy atom. The van der Waals surface area contributed by atoms with E-state index in [-0.39, 0.29) is 31.4 Å². The van der Waals surface area contributed by atoms with Gasteiger partial charge in [-0.05, 0) is 37.1 Å². The second-order valence-electron chi connectivity index (χ2n) is 5.80. The highest BCUT2D eigenvalue weighted by molar-refractivity contribution is 6.03. The highest BCUT2D eigenvalue weighted by Gasteiger charge is 2.13. The molecule has 2 aromatic carbocycles. The van der Waals surface area contributed by atoms with Gasteiger partial charge in [0.15, 0.2) is 0 Å². The van der Waals surface area contributed by atoms with Gasteiger partial charge in [0.05, 0.1) is 30.8 Å². The molecule has 0 aromatic heterocycles. The average molecular weight is 350 g/mol. The molecule has 0 aliphatic rings. The van der Waals surface area contributed by atoms with Crippen LogP contribution in [0.5, 0.6) is 5.75 Å². The third-order valence-electron chi connectivity index (χ3n) is 3.78. The van der Waals surface area contributed by atoms with Crippen LogP contribution in [0, 0.1) is 26.2 Å². The summed E-state index contributed by atoms with van der Waals surface area (Å²) in [5, 5.41) is 5.34. The second-order valence-corrected chi connectivity index (χ2v) is 5.80. The van der Waals surface area contributed by atoms with Crippen LogP contribution in [0.15, 0.2) is 42.5 Å². The van der Waals surface area contributed by atoms with Crippen molar-refractivity contribution >= 4 is 17.5 Å². The Balaban J connectivity index is 1.94. The number of carbonyl (C=O) groups is 2. The van der Waals surface area contributed by atoms with Gasteiger partial charge in [0.25, 0.3) is 5.91 Å². The molecule has 2 N–H and O–H groups in total. The predicted molar refractivity (Wildman–Crippen MR) is 102 cm³/mol. The summed E-state index contributed by atoms with van der Waals surface area (Å²) >= 11 is 0. The first-order valence-electron chi connectivity index (χ1n) is 8.32. The van der Waals surface area contributed by atoms with E-state index in [1.54, 1.807) is 24.3 Å². The first-order valence-corrected chi connectivity index (χ1v) is 8.32. The molecule has 0 aliphatic carbocycles. The van der Waals surface area contributed by atoms with E-state index in [9.17, 15) is 9.59 Å². The number of para-hydroxylation sites is 2. The molecule has 0 radical (unpaired) electrons. The van der Waals surface area contributed by atoms with Crippen LogP contribution in [-0.4, -0.2) is 25.0 Å². The topological polar surface area (TPSA) is 67.4 Å². The summed E-state index contributed by atoms with van der Waals surface area (Å²) < 4.78 is 5.74. The lowest BCUT2D eigenvalue weighted by molar-refractivity contribution is -0.116. The van der Waals surface area contributed by atoms with Gasteiger partial charge in [0, 0.05) is 0 Å². The normalized spacial score (nSPS) is 9.88. The SMILES string of the molecule is C#CCNC(=O)c1ccccc1NC(=O)CCOc1c(C)cccc1C. The first-order chi connectivity index (χ1) is 12.5. The van der Waals surface area contributed by atoms with Crippen LogP contribution in [0.2, 0.25) is 0 Å². The predicted octanol–water partition coefficient (Wildman–Crippen LogP) is 3.07. The molecule has 2 rings (SSSR count). The summed E-state index contributed by atoms with van der Waals surface area (Å²) in [6, 6.07) is 12.7. The van der Waals surface area contributed by atoms with E-state index >= 15 is 0 Å². The highest BCUT2D eigenvalue weighted by atomic mass is 16.5. The fourth-order valence-corrected chi connectivity index (χ4v) is 2.50. The molecule has 0 unspecified atom stereocenters. The first kappa shape index (κ1) is 19.1. The maximum absolute atomic E-state index is 12.2. The standard InChI is InChI=1S/C21H22N2O3/c1-4-13-22-21(25)17-10-5-6-11-18(17)23-19(24)12-14-26-20-15(2)8-7-9-16(20)3/h1,5-11H,12-14H2,2-3H3,(H,22,25)(H,23,24). The van der Waals surface area contributed by atoms with Gasteiger partial charge in [0.2, 0.25) is 5.91 Å². The summed E-state index contributed by atoms with van der Waals surface area (Å²) in [5.41, 5.74) is 2.87. The Hall–Kier alpha value is -3.26. The molecule has 134 valence electrons. The zero-order valence-corrected chi connectivity index (χ0v) is 15.0. The lowest BCUT2D eigenvalue weighted by Gasteiger charge is -2.13. The Kier molecular flexibility index (Phi) is 6.81. The number of benzene rings is 2. The second kappa shape index (κ2) is 9.28. The van der Waals surface area contributed by atoms with Crippen LogP contribution in [-0.2, 0) is 4.79 Å². The summed E-state index contributed by atoms with van der Waals surface area (Å²) in [4.78, 5) is 24.3. The molecule has 0 bridgehead atoms. The van der Waals surface area contributed by atoms with Crippen molar-refractivity contribution in [1.82, 2.24) is 5.32 Å². The van der Waals surface area contributed by atoms with Crippen LogP contribution in [0.1, 0.15) is 27.9 Å². The smallest absolute Gasteiger partial charge is 0.254 e. The Bertz CT molecular complexity index is 817. The molecular weight excluding hydrogens is 328 g/mol. The molecule has 0 atom stereocenters. The number of ether oxygens (including phenoxy) is 1. The molecule has 0 heterocycles. The summed E-state index contributed by atoms with van der Waals surface area (Å²) in [6.45, 7) is 4.31. The number of hydrogen-bond acceptors (Lipinski definition) is 3. The fraction of sp³-hybridized carbons (Fsp3) is 0.238. The molecule has 0 saturated heterocycles. The van der Waals surface area contributed by atoms with E-state index in [2.05, 4.69) is 16.6 Å². The van der Waals surface area contributed by atoms with Crippen LogP contribution in [0.3, 0.4) is 0 Å². The van der Waals surface area contributed by atoms with E-state index in [0.29, 0.717) is 11.3 Å². The minimum atomic E-state index is -0.328. The molecular formula is C21H22N2O3. The fourth-order valence-electron chi connectivity index (χ4n) is 2.50. The van der Waals surface area contributed by atoms with Crippen LogP contribution < -0.4 is 15.4 Å². The van der Waals surface area contributed by atoms with Crippen LogP contribution >= 0.6 is 0 Å². The van der Waals surface area contributed by atoms with Crippen molar-refractivity contribution in [2.75, 3.05) is 18.5 Å². The number of aryl methyl sites for hydroxylation is 2. The van der Waals surface area contributed by atoms with Crippen molar-refractivity contribution < 1.29 is 14.3 Å². The van der Waals surface area contributed by atoms with E-state index in [1.807, 2.05) is 32.0 Å². The summed E-state index contributed by atoms with van der Waals surface area (Å²) in [7, 11) is 0. The van der Waals surface area contributed by atoms with Gasteiger partial charge in [-0.2, -0.15) is 0 Å². The Morgan fingerprint density at radius 1 is 1.08 bits per heavy atom. The van der Waals surface area contributed by atoms with Crippen LogP contribution in [0.25, 0.3) is 0 Å². The molecule has 0 saturated carbocycles. The van der Waals surface area contributed by atoms with Gasteiger partial charge in [-0.1, -0.05) is 36.3 Å². The zero-order valence-electron chi connectivity index (χ0n) is 15.0. The van der Waals surface area contributed by atoms with E-state index in [0.717, 1.165) is 16.9 Å². The molecule has 5 nitrogen and oxygen atoms in total. The Morgan fingerprint density at radius 2 is 1.77 bits per heavy atom. The maximum Gasteiger partial charge on any atom is 0.254 e. The number of hydrogen-bond donors (Lipinski definition) is 2. The van der Waals surface area contributed by atoms with Crippen molar-refractivity contribution in [3.63, 3.8) is 0 Å². The largest absolute Gasteiger partial charge is 0.493 e. The monoisotopic (exact) mass is 350 g/mol. The van der Waals surface area contributed by atoms with Crippen LogP contribution in [0.4, 0.5) is 5.69 Å². The molecule has 26 heavy (non-hydrogen) atoms. The van der Waals surface area contributed by atoms with E-state index in [4.69, 9.17) is 11.2 Å². The lowest BCUT2D eigenvalue weighted by atomic mass is 10.1. The number of rotatable bonds is 7. The minimum absolute atomic E-state index is 0.130. The third-order valence-corrected chi connectivity index (χ3v) is 3.78. The van der Waals surface area contributed by atoms with E-state index < -0.39 is 0 Å². The average Bonchev–Trinajstić information content (AvgIpc) is 2.62. The van der Waals surface area contributed by atoms with Crippen molar-refractivity contribution in [1.29, 1.82) is 0 Å². The van der Waals surface area contributed by atoms with Gasteiger partial charge in [-0.15, -0.1) is 6.42 Å². The third kappa shape index (κ3) is 5.12. The van der Waals surface area contributed by atoms with Gasteiger partial charge >= 0.3 is 0 Å². The molecule has 5 heteroatoms. The zero-order chi connectivity index (χ0) is 18.9. The highest BCUT2D eigenvalue weighted by Crippen LogP contribution is 2.22. The Labute approximate surface area is 153 Å². The van der Waals surface area contributed by atoms with Gasteiger partial charge in [-0.25, -0.2) is 0 Å². The molecule has 2 amide bonds. The lowest BCUT2D eigenvalue weighted by Crippen LogP contribution is -2.25. The van der Waals surface area contributed by atoms with Crippen molar-refractivity contribution in [3.05, 3.63) is 59.2 Å². The summed E-state index contributed by atoms with van der Waals surface area (Å²) in [6.07, 6.45) is 5.32. The maximum atomic E-state index is 12.2. The molecule has 0 spiro atoms. The molecule has 2 aromatic rings. The van der Waals surface area contributed by atoms with Crippen molar-refractivity contribution in [2.45, 2.75) is 20.3 Å². The van der Waals surface area contributed by atoms with Crippen molar-refractivity contribution in [2.24, 2.45) is 0 Å². The number of amides is 2. The van der Waals surface area contributed by atoms with E-state index in [1.165, 1.54) is 0 Å². The van der Waals surface area contributed by atoms with Crippen molar-refractivity contribution in [3.8, 4) is 18.1 Å². The molecule has 0 fully saturated rings. The number of terminal acetylenes is 1. The summed E-state index contributed by atoms with van der Waals surface area (Å²) in [5.74, 6) is 2.59. The number of carbonyl (C=O) groups excluding carboxylic acids is 2. The van der Waals surface area contributed by atoms with Gasteiger partial charge in [-0.3, -0.25) is 9.59 Å². The van der Waals surface area contributed by atoms with Gasteiger partial charge < -0.3 is 15.4 Å². The number of anilines is 1. The quantitative estimate of drug-likeness (QED) is 0.754. The minimum Gasteiger partial charge on any atom is -0.493 e. The number of nitrogens with one attached hydrogen (secondary N) is 2. The molecule has 0 aliphatic heterocycles.